The SMILES string of the molecule is CCOc1ccc(-n2c(O)c(C=Nc3ccc([N+](=O)[O-])cc3O)c(=O)[nH]c2=O)cc1. The summed E-state index contributed by atoms with van der Waals surface area (Å²) in [5, 5.41) is 31.1. The molecule has 0 fully saturated rings. The quantitative estimate of drug-likeness (QED) is 0.317. The van der Waals surface area contributed by atoms with Crippen LogP contribution in [0.15, 0.2) is 57.0 Å². The fourth-order valence-corrected chi connectivity index (χ4v) is 2.62. The number of ether oxygens (including phenoxy) is 1. The van der Waals surface area contributed by atoms with Crippen molar-refractivity contribution in [3.63, 3.8) is 0 Å². The highest BCUT2D eigenvalue weighted by atomic mass is 16.6. The molecule has 2 aromatic carbocycles. The van der Waals surface area contributed by atoms with Crippen LogP contribution in [0.25, 0.3) is 5.69 Å². The van der Waals surface area contributed by atoms with Crippen molar-refractivity contribution in [2.24, 2.45) is 4.99 Å². The molecule has 0 spiro atoms. The van der Waals surface area contributed by atoms with E-state index in [0.717, 1.165) is 22.9 Å². The lowest BCUT2D eigenvalue weighted by molar-refractivity contribution is -0.384. The van der Waals surface area contributed by atoms with E-state index in [1.54, 1.807) is 12.1 Å². The topological polar surface area (TPSA) is 160 Å². The predicted molar refractivity (Wildman–Crippen MR) is 108 cm³/mol. The van der Waals surface area contributed by atoms with Crippen LogP contribution in [0.4, 0.5) is 11.4 Å². The van der Waals surface area contributed by atoms with Gasteiger partial charge in [-0.1, -0.05) is 0 Å². The summed E-state index contributed by atoms with van der Waals surface area (Å²) in [7, 11) is 0. The second-order valence-electron chi connectivity index (χ2n) is 5.95. The van der Waals surface area contributed by atoms with Gasteiger partial charge in [0.25, 0.3) is 11.2 Å². The third-order valence-corrected chi connectivity index (χ3v) is 4.03. The summed E-state index contributed by atoms with van der Waals surface area (Å²) in [6.45, 7) is 2.28. The minimum atomic E-state index is -0.898. The number of nitro benzene ring substituents is 1. The Morgan fingerprint density at radius 2 is 1.90 bits per heavy atom. The average molecular weight is 412 g/mol. The number of H-pyrrole nitrogens is 1. The molecule has 0 aliphatic rings. The molecular formula is C19H16N4O7. The molecule has 3 aromatic rings. The fourth-order valence-electron chi connectivity index (χ4n) is 2.62. The Morgan fingerprint density at radius 3 is 2.50 bits per heavy atom. The lowest BCUT2D eigenvalue weighted by atomic mass is 10.2. The average Bonchev–Trinajstić information content (AvgIpc) is 2.70. The molecule has 1 aromatic heterocycles. The third kappa shape index (κ3) is 4.04. The summed E-state index contributed by atoms with van der Waals surface area (Å²) in [4.78, 5) is 40.4. The zero-order valence-electron chi connectivity index (χ0n) is 15.6. The number of hydrogen-bond acceptors (Lipinski definition) is 8. The highest BCUT2D eigenvalue weighted by molar-refractivity contribution is 5.85. The van der Waals surface area contributed by atoms with Gasteiger partial charge >= 0.3 is 5.69 Å². The van der Waals surface area contributed by atoms with Crippen LogP contribution in [-0.2, 0) is 0 Å². The summed E-state index contributed by atoms with van der Waals surface area (Å²) in [6.07, 6.45) is 0.944. The maximum Gasteiger partial charge on any atom is 0.335 e. The number of non-ortho nitro benzene ring substituents is 1. The van der Waals surface area contributed by atoms with Crippen molar-refractivity contribution in [2.45, 2.75) is 6.92 Å². The van der Waals surface area contributed by atoms with Gasteiger partial charge in [0.15, 0.2) is 0 Å². The van der Waals surface area contributed by atoms with Crippen molar-refractivity contribution in [1.82, 2.24) is 9.55 Å². The van der Waals surface area contributed by atoms with E-state index < -0.39 is 27.8 Å². The molecule has 1 heterocycles. The molecule has 0 atom stereocenters. The molecule has 0 unspecified atom stereocenters. The summed E-state index contributed by atoms with van der Waals surface area (Å²) in [6, 6.07) is 9.44. The number of phenolic OH excluding ortho intramolecular Hbond substituents is 1. The van der Waals surface area contributed by atoms with Crippen LogP contribution in [0.5, 0.6) is 17.4 Å². The molecule has 3 rings (SSSR count). The monoisotopic (exact) mass is 412 g/mol. The number of nitro groups is 1. The second-order valence-corrected chi connectivity index (χ2v) is 5.95. The van der Waals surface area contributed by atoms with E-state index in [9.17, 15) is 29.9 Å². The molecule has 0 saturated carbocycles. The van der Waals surface area contributed by atoms with Crippen LogP contribution < -0.4 is 16.0 Å². The van der Waals surface area contributed by atoms with Gasteiger partial charge in [0.2, 0.25) is 5.88 Å². The molecule has 0 radical (unpaired) electrons. The van der Waals surface area contributed by atoms with Gasteiger partial charge in [-0.3, -0.25) is 24.9 Å². The summed E-state index contributed by atoms with van der Waals surface area (Å²) in [5.74, 6) is -0.595. The van der Waals surface area contributed by atoms with Crippen LogP contribution in [0, 0.1) is 10.1 Å². The zero-order valence-corrected chi connectivity index (χ0v) is 15.6. The first-order valence-corrected chi connectivity index (χ1v) is 8.64. The van der Waals surface area contributed by atoms with Crippen molar-refractivity contribution >= 4 is 17.6 Å². The first-order valence-electron chi connectivity index (χ1n) is 8.64. The number of aromatic amines is 1. The maximum absolute atomic E-state index is 12.2. The second kappa shape index (κ2) is 8.31. The van der Waals surface area contributed by atoms with Crippen LogP contribution >= 0.6 is 0 Å². The zero-order chi connectivity index (χ0) is 21.8. The number of aromatic nitrogens is 2. The van der Waals surface area contributed by atoms with E-state index in [4.69, 9.17) is 4.74 Å². The number of nitrogens with zero attached hydrogens (tertiary/aromatic N) is 3. The van der Waals surface area contributed by atoms with Crippen molar-refractivity contribution in [2.75, 3.05) is 6.61 Å². The number of aliphatic imine (C=N–C) groups is 1. The Bertz CT molecular complexity index is 1240. The smallest absolute Gasteiger partial charge is 0.335 e. The van der Waals surface area contributed by atoms with E-state index in [1.165, 1.54) is 18.2 Å². The van der Waals surface area contributed by atoms with Crippen LogP contribution in [-0.4, -0.2) is 37.5 Å². The van der Waals surface area contributed by atoms with Gasteiger partial charge in [0.05, 0.1) is 23.3 Å². The normalized spacial score (nSPS) is 11.0. The summed E-state index contributed by atoms with van der Waals surface area (Å²) in [5.41, 5.74) is -2.25. The Hall–Kier alpha value is -4.41. The molecule has 0 bridgehead atoms. The van der Waals surface area contributed by atoms with Gasteiger partial charge < -0.3 is 14.9 Å². The van der Waals surface area contributed by atoms with E-state index in [-0.39, 0.29) is 22.6 Å². The minimum Gasteiger partial charge on any atom is -0.505 e. The Kier molecular flexibility index (Phi) is 5.63. The van der Waals surface area contributed by atoms with Gasteiger partial charge in [-0.2, -0.15) is 0 Å². The number of nitrogens with one attached hydrogen (secondary N) is 1. The highest BCUT2D eigenvalue weighted by Crippen LogP contribution is 2.30. The molecule has 3 N–H and O–H groups in total. The van der Waals surface area contributed by atoms with Crippen molar-refractivity contribution < 1.29 is 19.9 Å². The van der Waals surface area contributed by atoms with Gasteiger partial charge in [0.1, 0.15) is 22.7 Å². The van der Waals surface area contributed by atoms with E-state index in [2.05, 4.69) is 9.98 Å². The van der Waals surface area contributed by atoms with Crippen LogP contribution in [0.3, 0.4) is 0 Å². The van der Waals surface area contributed by atoms with E-state index in [0.29, 0.717) is 12.4 Å². The molecule has 0 aliphatic heterocycles. The first kappa shape index (κ1) is 20.3. The molecule has 11 heteroatoms. The number of phenols is 1. The Labute approximate surface area is 168 Å². The molecule has 0 aliphatic carbocycles. The number of hydrogen-bond donors (Lipinski definition) is 3. The van der Waals surface area contributed by atoms with Crippen molar-refractivity contribution in [3.8, 4) is 23.1 Å². The van der Waals surface area contributed by atoms with Crippen LogP contribution in [0.2, 0.25) is 0 Å². The largest absolute Gasteiger partial charge is 0.505 e. The van der Waals surface area contributed by atoms with Crippen LogP contribution in [0.1, 0.15) is 12.5 Å². The minimum absolute atomic E-state index is 0.0711. The first-order chi connectivity index (χ1) is 14.3. The van der Waals surface area contributed by atoms with Crippen molar-refractivity contribution in [1.29, 1.82) is 0 Å². The predicted octanol–water partition coefficient (Wildman–Crippen LogP) is 1.99. The summed E-state index contributed by atoms with van der Waals surface area (Å²) < 4.78 is 6.20. The lowest BCUT2D eigenvalue weighted by Crippen LogP contribution is -2.31. The molecule has 30 heavy (non-hydrogen) atoms. The highest BCUT2D eigenvalue weighted by Gasteiger charge is 2.15. The number of rotatable bonds is 6. The molecular weight excluding hydrogens is 396 g/mol. The third-order valence-electron chi connectivity index (χ3n) is 4.03. The van der Waals surface area contributed by atoms with Gasteiger partial charge in [-0.25, -0.2) is 9.36 Å². The standard InChI is InChI=1S/C19H16N4O7/c1-2-30-13-6-3-11(4-7-13)22-18(26)14(17(25)21-19(22)27)10-20-15-8-5-12(23(28)29)9-16(15)24/h3-10,24,26H,2H2,1H3,(H,21,25,27). The van der Waals surface area contributed by atoms with Gasteiger partial charge in [-0.15, -0.1) is 0 Å². The molecule has 0 saturated heterocycles. The van der Waals surface area contributed by atoms with E-state index >= 15 is 0 Å². The van der Waals surface area contributed by atoms with Gasteiger partial charge in [0, 0.05) is 12.3 Å². The molecule has 0 amide bonds. The van der Waals surface area contributed by atoms with Crippen molar-refractivity contribution in [3.05, 3.63) is 79.0 Å². The maximum atomic E-state index is 12.2. The van der Waals surface area contributed by atoms with E-state index in [1.807, 2.05) is 6.92 Å². The number of aromatic hydroxyl groups is 2. The molecule has 11 nitrogen and oxygen atoms in total. The molecule has 154 valence electrons. The fraction of sp³-hybridized carbons (Fsp3) is 0.105. The number of benzene rings is 2. The Morgan fingerprint density at radius 1 is 1.20 bits per heavy atom. The summed E-state index contributed by atoms with van der Waals surface area (Å²) >= 11 is 0. The Balaban J connectivity index is 2.03. The van der Waals surface area contributed by atoms with Gasteiger partial charge in [-0.05, 0) is 37.3 Å². The lowest BCUT2D eigenvalue weighted by Gasteiger charge is -2.10.